The number of hydrogen-bond donors (Lipinski definition) is 1. The molecule has 2 aromatic rings. The quantitative estimate of drug-likeness (QED) is 0.613. The van der Waals surface area contributed by atoms with Gasteiger partial charge in [-0.1, -0.05) is 0 Å². The number of carbonyl (C=O) groups excluding carboxylic acids is 2. The Hall–Kier alpha value is -3.36. The number of nitrogens with one attached hydrogen (secondary N) is 1. The number of amides is 2. The molecule has 0 bridgehead atoms. The Balaban J connectivity index is 1.70. The minimum atomic E-state index is -0.736. The molecule has 1 N–H and O–H groups in total. The van der Waals surface area contributed by atoms with E-state index in [0.29, 0.717) is 24.9 Å². The molecule has 152 valence electrons. The van der Waals surface area contributed by atoms with Crippen LogP contribution in [0.15, 0.2) is 36.4 Å². The standard InChI is InChI=1S/C20H19F2N3O4/c1-12-7-14(4-5-17(12)25(28)29)20(27)24-6-2-3-18(24)19(26)23-11-13-8-15(21)10-16(22)9-13/h4-5,7-10,18H,2-3,6,11H2,1H3,(H,23,26). The van der Waals surface area contributed by atoms with Crippen molar-refractivity contribution in [2.45, 2.75) is 32.4 Å². The molecule has 1 heterocycles. The fourth-order valence-electron chi connectivity index (χ4n) is 3.46. The predicted octanol–water partition coefficient (Wildman–Crippen LogP) is 3.10. The van der Waals surface area contributed by atoms with Crippen molar-refractivity contribution < 1.29 is 23.3 Å². The zero-order chi connectivity index (χ0) is 21.1. The molecule has 1 saturated heterocycles. The fraction of sp³-hybridized carbons (Fsp3) is 0.300. The van der Waals surface area contributed by atoms with Gasteiger partial charge in [0, 0.05) is 36.3 Å². The second kappa shape index (κ2) is 8.34. The molecule has 0 saturated carbocycles. The maximum absolute atomic E-state index is 13.3. The summed E-state index contributed by atoms with van der Waals surface area (Å²) in [6, 6.07) is 6.36. The van der Waals surface area contributed by atoms with Crippen LogP contribution in [0, 0.1) is 28.7 Å². The highest BCUT2D eigenvalue weighted by Gasteiger charge is 2.34. The molecule has 0 aliphatic carbocycles. The molecule has 1 aliphatic heterocycles. The SMILES string of the molecule is Cc1cc(C(=O)N2CCCC2C(=O)NCc2cc(F)cc(F)c2)ccc1[N+](=O)[O-]. The molecule has 29 heavy (non-hydrogen) atoms. The first kappa shape index (κ1) is 20.4. The van der Waals surface area contributed by atoms with Gasteiger partial charge in [0.05, 0.1) is 4.92 Å². The highest BCUT2D eigenvalue weighted by Crippen LogP contribution is 2.24. The largest absolute Gasteiger partial charge is 0.350 e. The molecule has 3 rings (SSSR count). The van der Waals surface area contributed by atoms with Gasteiger partial charge in [0.2, 0.25) is 5.91 Å². The van der Waals surface area contributed by atoms with Crippen LogP contribution >= 0.6 is 0 Å². The number of carbonyl (C=O) groups is 2. The summed E-state index contributed by atoms with van der Waals surface area (Å²) in [6.45, 7) is 1.85. The lowest BCUT2D eigenvalue weighted by Gasteiger charge is -2.24. The second-order valence-corrected chi connectivity index (χ2v) is 6.91. The number of aryl methyl sites for hydroxylation is 1. The van der Waals surface area contributed by atoms with E-state index in [1.54, 1.807) is 6.92 Å². The number of nitro groups is 1. The number of benzene rings is 2. The summed E-state index contributed by atoms with van der Waals surface area (Å²) >= 11 is 0. The smallest absolute Gasteiger partial charge is 0.272 e. The molecule has 0 spiro atoms. The van der Waals surface area contributed by atoms with Crippen LogP contribution in [0.4, 0.5) is 14.5 Å². The summed E-state index contributed by atoms with van der Waals surface area (Å²) < 4.78 is 26.5. The molecule has 0 aromatic heterocycles. The molecule has 2 amide bonds. The van der Waals surface area contributed by atoms with E-state index in [2.05, 4.69) is 5.32 Å². The Kier molecular flexibility index (Phi) is 5.86. The Morgan fingerprint density at radius 3 is 2.52 bits per heavy atom. The number of halogens is 2. The number of nitro benzene ring substituents is 1. The van der Waals surface area contributed by atoms with E-state index in [1.165, 1.54) is 23.1 Å². The van der Waals surface area contributed by atoms with E-state index >= 15 is 0 Å². The summed E-state index contributed by atoms with van der Waals surface area (Å²) in [5.41, 5.74) is 0.812. The van der Waals surface area contributed by atoms with Crippen molar-refractivity contribution in [1.82, 2.24) is 10.2 Å². The van der Waals surface area contributed by atoms with Crippen LogP contribution in [0.1, 0.15) is 34.3 Å². The molecule has 1 aliphatic rings. The molecule has 0 radical (unpaired) electrons. The first-order valence-electron chi connectivity index (χ1n) is 9.05. The average molecular weight is 403 g/mol. The third-order valence-corrected chi connectivity index (χ3v) is 4.85. The van der Waals surface area contributed by atoms with Gasteiger partial charge in [-0.3, -0.25) is 19.7 Å². The van der Waals surface area contributed by atoms with Crippen molar-refractivity contribution in [2.24, 2.45) is 0 Å². The monoisotopic (exact) mass is 403 g/mol. The van der Waals surface area contributed by atoms with Gasteiger partial charge in [0.15, 0.2) is 0 Å². The summed E-state index contributed by atoms with van der Waals surface area (Å²) in [7, 11) is 0. The second-order valence-electron chi connectivity index (χ2n) is 6.91. The van der Waals surface area contributed by atoms with E-state index in [0.717, 1.165) is 18.2 Å². The average Bonchev–Trinajstić information content (AvgIpc) is 3.14. The molecule has 9 heteroatoms. The fourth-order valence-corrected chi connectivity index (χ4v) is 3.46. The number of nitrogens with zero attached hydrogens (tertiary/aromatic N) is 2. The lowest BCUT2D eigenvalue weighted by molar-refractivity contribution is -0.385. The zero-order valence-electron chi connectivity index (χ0n) is 15.7. The Bertz CT molecular complexity index is 960. The zero-order valence-corrected chi connectivity index (χ0v) is 15.7. The van der Waals surface area contributed by atoms with Gasteiger partial charge in [-0.25, -0.2) is 8.78 Å². The van der Waals surface area contributed by atoms with E-state index in [-0.39, 0.29) is 23.4 Å². The van der Waals surface area contributed by atoms with Crippen molar-refractivity contribution in [1.29, 1.82) is 0 Å². The lowest BCUT2D eigenvalue weighted by Crippen LogP contribution is -2.45. The van der Waals surface area contributed by atoms with Gasteiger partial charge in [-0.2, -0.15) is 0 Å². The van der Waals surface area contributed by atoms with Crippen LogP contribution in [-0.2, 0) is 11.3 Å². The third kappa shape index (κ3) is 4.56. The van der Waals surface area contributed by atoms with Crippen LogP contribution < -0.4 is 5.32 Å². The van der Waals surface area contributed by atoms with Crippen molar-refractivity contribution in [2.75, 3.05) is 6.54 Å². The van der Waals surface area contributed by atoms with Crippen LogP contribution in [0.5, 0.6) is 0 Å². The topological polar surface area (TPSA) is 92.6 Å². The van der Waals surface area contributed by atoms with Gasteiger partial charge >= 0.3 is 0 Å². The third-order valence-electron chi connectivity index (χ3n) is 4.85. The minimum Gasteiger partial charge on any atom is -0.350 e. The van der Waals surface area contributed by atoms with Gasteiger partial charge in [0.25, 0.3) is 11.6 Å². The molecule has 1 atom stereocenters. The van der Waals surface area contributed by atoms with E-state index in [9.17, 15) is 28.5 Å². The van der Waals surface area contributed by atoms with Crippen molar-refractivity contribution in [3.8, 4) is 0 Å². The maximum atomic E-state index is 13.3. The van der Waals surface area contributed by atoms with Gasteiger partial charge in [-0.15, -0.1) is 0 Å². The van der Waals surface area contributed by atoms with E-state index in [1.807, 2.05) is 0 Å². The minimum absolute atomic E-state index is 0.0668. The van der Waals surface area contributed by atoms with Crippen LogP contribution in [0.3, 0.4) is 0 Å². The lowest BCUT2D eigenvalue weighted by atomic mass is 10.1. The number of hydrogen-bond acceptors (Lipinski definition) is 4. The van der Waals surface area contributed by atoms with E-state index in [4.69, 9.17) is 0 Å². The first-order chi connectivity index (χ1) is 13.8. The molecule has 1 unspecified atom stereocenters. The highest BCUT2D eigenvalue weighted by atomic mass is 19.1. The van der Waals surface area contributed by atoms with Crippen LogP contribution in [0.25, 0.3) is 0 Å². The predicted molar refractivity (Wildman–Crippen MR) is 100 cm³/mol. The highest BCUT2D eigenvalue weighted by molar-refractivity contribution is 5.98. The Labute approximate surface area is 165 Å². The normalized spacial score (nSPS) is 16.0. The Morgan fingerprint density at radius 2 is 1.90 bits per heavy atom. The molecule has 1 fully saturated rings. The summed E-state index contributed by atoms with van der Waals surface area (Å²) in [5.74, 6) is -2.28. The van der Waals surface area contributed by atoms with Crippen LogP contribution in [-0.4, -0.2) is 34.2 Å². The summed E-state index contributed by atoms with van der Waals surface area (Å²) in [4.78, 5) is 37.2. The van der Waals surface area contributed by atoms with Crippen molar-refractivity contribution in [3.05, 3.63) is 74.8 Å². The molecular weight excluding hydrogens is 384 g/mol. The molecular formula is C20H19F2N3O4. The van der Waals surface area contributed by atoms with Crippen molar-refractivity contribution in [3.63, 3.8) is 0 Å². The first-order valence-corrected chi connectivity index (χ1v) is 9.05. The van der Waals surface area contributed by atoms with Gasteiger partial charge < -0.3 is 10.2 Å². The maximum Gasteiger partial charge on any atom is 0.272 e. The molecule has 2 aromatic carbocycles. The number of likely N-dealkylation sites (tertiary alicyclic amines) is 1. The van der Waals surface area contributed by atoms with Crippen LogP contribution in [0.2, 0.25) is 0 Å². The van der Waals surface area contributed by atoms with Gasteiger partial charge in [-0.05, 0) is 49.6 Å². The Morgan fingerprint density at radius 1 is 1.21 bits per heavy atom. The summed E-state index contributed by atoms with van der Waals surface area (Å²) in [5, 5.41) is 13.6. The van der Waals surface area contributed by atoms with Crippen molar-refractivity contribution >= 4 is 17.5 Å². The van der Waals surface area contributed by atoms with Gasteiger partial charge in [0.1, 0.15) is 17.7 Å². The summed E-state index contributed by atoms with van der Waals surface area (Å²) in [6.07, 6.45) is 1.09. The number of rotatable bonds is 5. The molecule has 7 nitrogen and oxygen atoms in total. The van der Waals surface area contributed by atoms with E-state index < -0.39 is 34.4 Å².